The molecule has 0 spiro atoms. The van der Waals surface area contributed by atoms with Crippen molar-refractivity contribution in [3.8, 4) is 0 Å². The van der Waals surface area contributed by atoms with Gasteiger partial charge in [-0.3, -0.25) is 9.69 Å². The van der Waals surface area contributed by atoms with E-state index in [-0.39, 0.29) is 17.9 Å². The fourth-order valence-corrected chi connectivity index (χ4v) is 2.70. The van der Waals surface area contributed by atoms with Crippen molar-refractivity contribution < 1.29 is 14.3 Å². The van der Waals surface area contributed by atoms with Gasteiger partial charge in [0, 0.05) is 13.1 Å². The van der Waals surface area contributed by atoms with Gasteiger partial charge in [0.15, 0.2) is 0 Å². The van der Waals surface area contributed by atoms with E-state index >= 15 is 0 Å². The van der Waals surface area contributed by atoms with Crippen LogP contribution in [0.1, 0.15) is 32.1 Å². The number of furan rings is 1. The molecule has 2 rings (SSSR count). The van der Waals surface area contributed by atoms with E-state index in [4.69, 9.17) is 9.52 Å². The van der Waals surface area contributed by atoms with Crippen LogP contribution in [0, 0.1) is 11.8 Å². The Balaban J connectivity index is 2.10. The summed E-state index contributed by atoms with van der Waals surface area (Å²) >= 11 is 0. The zero-order valence-corrected chi connectivity index (χ0v) is 10.3. The average molecular weight is 237 g/mol. The Morgan fingerprint density at radius 2 is 2.41 bits per heavy atom. The minimum atomic E-state index is -0.686. The van der Waals surface area contributed by atoms with Crippen molar-refractivity contribution in [1.82, 2.24) is 4.90 Å². The molecule has 0 bridgehead atoms. The van der Waals surface area contributed by atoms with E-state index in [1.807, 2.05) is 19.1 Å². The van der Waals surface area contributed by atoms with E-state index in [0.717, 1.165) is 18.7 Å². The first-order chi connectivity index (χ1) is 8.13. The quantitative estimate of drug-likeness (QED) is 0.873. The first-order valence-corrected chi connectivity index (χ1v) is 6.13. The van der Waals surface area contributed by atoms with Gasteiger partial charge in [0.1, 0.15) is 5.76 Å². The number of carboxylic acids is 1. The fourth-order valence-electron chi connectivity index (χ4n) is 2.70. The van der Waals surface area contributed by atoms with Crippen LogP contribution in [-0.2, 0) is 4.79 Å². The molecule has 3 atom stereocenters. The summed E-state index contributed by atoms with van der Waals surface area (Å²) in [6.45, 7) is 5.56. The van der Waals surface area contributed by atoms with Crippen LogP contribution in [0.3, 0.4) is 0 Å². The molecule has 0 saturated carbocycles. The average Bonchev–Trinajstić information content (AvgIpc) is 2.89. The Morgan fingerprint density at radius 1 is 1.65 bits per heavy atom. The summed E-state index contributed by atoms with van der Waals surface area (Å²) in [7, 11) is 0. The third kappa shape index (κ3) is 2.36. The maximum absolute atomic E-state index is 11.1. The van der Waals surface area contributed by atoms with E-state index < -0.39 is 5.97 Å². The predicted molar refractivity (Wildman–Crippen MR) is 63.6 cm³/mol. The molecular weight excluding hydrogens is 218 g/mol. The summed E-state index contributed by atoms with van der Waals surface area (Å²) in [4.78, 5) is 13.3. The van der Waals surface area contributed by atoms with Crippen LogP contribution in [0.2, 0.25) is 0 Å². The lowest BCUT2D eigenvalue weighted by Crippen LogP contribution is -2.27. The fraction of sp³-hybridized carbons (Fsp3) is 0.615. The minimum absolute atomic E-state index is 0.205. The molecule has 1 N–H and O–H groups in total. The molecule has 1 saturated heterocycles. The summed E-state index contributed by atoms with van der Waals surface area (Å²) in [5, 5.41) is 9.14. The monoisotopic (exact) mass is 237 g/mol. The van der Waals surface area contributed by atoms with Gasteiger partial charge >= 0.3 is 5.97 Å². The Morgan fingerprint density at radius 3 is 2.88 bits per heavy atom. The number of likely N-dealkylation sites (tertiary alicyclic amines) is 1. The highest BCUT2D eigenvalue weighted by Gasteiger charge is 2.38. The second-order valence-corrected chi connectivity index (χ2v) is 4.82. The van der Waals surface area contributed by atoms with E-state index in [0.29, 0.717) is 6.54 Å². The lowest BCUT2D eigenvalue weighted by atomic mass is 9.99. The molecule has 4 nitrogen and oxygen atoms in total. The lowest BCUT2D eigenvalue weighted by Gasteiger charge is -2.24. The van der Waals surface area contributed by atoms with Crippen molar-refractivity contribution in [3.05, 3.63) is 24.2 Å². The van der Waals surface area contributed by atoms with Crippen molar-refractivity contribution in [2.75, 3.05) is 13.1 Å². The highest BCUT2D eigenvalue weighted by Crippen LogP contribution is 2.33. The summed E-state index contributed by atoms with van der Waals surface area (Å²) in [6.07, 6.45) is 2.61. The highest BCUT2D eigenvalue weighted by molar-refractivity contribution is 5.71. The first kappa shape index (κ1) is 12.2. The van der Waals surface area contributed by atoms with Crippen molar-refractivity contribution in [1.29, 1.82) is 0 Å². The van der Waals surface area contributed by atoms with Crippen LogP contribution in [0.25, 0.3) is 0 Å². The zero-order valence-electron chi connectivity index (χ0n) is 10.3. The number of hydrogen-bond acceptors (Lipinski definition) is 3. The molecule has 1 unspecified atom stereocenters. The number of carboxylic acid groups (broad SMARTS) is 1. The topological polar surface area (TPSA) is 53.7 Å². The summed E-state index contributed by atoms with van der Waals surface area (Å²) in [6, 6.07) is 4.05. The number of hydrogen-bond donors (Lipinski definition) is 1. The van der Waals surface area contributed by atoms with Gasteiger partial charge in [-0.1, -0.05) is 13.8 Å². The molecule has 1 aromatic heterocycles. The minimum Gasteiger partial charge on any atom is -0.481 e. The summed E-state index contributed by atoms with van der Waals surface area (Å²) in [5.74, 6) is 0.204. The molecule has 17 heavy (non-hydrogen) atoms. The predicted octanol–water partition coefficient (Wildman–Crippen LogP) is 2.38. The second kappa shape index (κ2) is 4.92. The third-order valence-electron chi connectivity index (χ3n) is 3.66. The smallest absolute Gasteiger partial charge is 0.308 e. The maximum atomic E-state index is 11.1. The molecule has 1 aliphatic heterocycles. The molecule has 0 aromatic carbocycles. The third-order valence-corrected chi connectivity index (χ3v) is 3.66. The molecule has 94 valence electrons. The van der Waals surface area contributed by atoms with Gasteiger partial charge in [0.2, 0.25) is 0 Å². The molecule has 0 amide bonds. The van der Waals surface area contributed by atoms with Crippen LogP contribution in [0.15, 0.2) is 22.8 Å². The molecule has 0 radical (unpaired) electrons. The Bertz CT molecular complexity index is 374. The van der Waals surface area contributed by atoms with Gasteiger partial charge < -0.3 is 9.52 Å². The van der Waals surface area contributed by atoms with Crippen molar-refractivity contribution in [2.24, 2.45) is 11.8 Å². The molecular formula is C13H19NO3. The second-order valence-electron chi connectivity index (χ2n) is 4.82. The van der Waals surface area contributed by atoms with Crippen molar-refractivity contribution in [3.63, 3.8) is 0 Å². The van der Waals surface area contributed by atoms with Crippen LogP contribution in [0.4, 0.5) is 0 Å². The molecule has 4 heteroatoms. The van der Waals surface area contributed by atoms with Gasteiger partial charge in [-0.15, -0.1) is 0 Å². The Kier molecular flexibility index (Phi) is 3.52. The molecule has 1 aliphatic rings. The highest BCUT2D eigenvalue weighted by atomic mass is 16.4. The molecule has 1 aromatic rings. The summed E-state index contributed by atoms with van der Waals surface area (Å²) in [5.41, 5.74) is 0. The number of nitrogens with zero attached hydrogens (tertiary/aromatic N) is 1. The van der Waals surface area contributed by atoms with Crippen LogP contribution in [0.5, 0.6) is 0 Å². The van der Waals surface area contributed by atoms with Crippen molar-refractivity contribution >= 4 is 5.97 Å². The Labute approximate surface area is 101 Å². The van der Waals surface area contributed by atoms with Crippen molar-refractivity contribution in [2.45, 2.75) is 26.3 Å². The summed E-state index contributed by atoms with van der Waals surface area (Å²) < 4.78 is 5.44. The van der Waals surface area contributed by atoms with Gasteiger partial charge in [-0.05, 0) is 24.5 Å². The van der Waals surface area contributed by atoms with Crippen LogP contribution in [-0.4, -0.2) is 29.1 Å². The molecule has 1 fully saturated rings. The maximum Gasteiger partial charge on any atom is 0.308 e. The standard InChI is InChI=1S/C13H19NO3/c1-3-11(12-5-4-6-17-12)14-7-9(2)10(8-14)13(15)16/h4-6,9-11H,3,7-8H2,1-2H3,(H,15,16)/t9-,10-,11?/m1/s1. The first-order valence-electron chi connectivity index (χ1n) is 6.13. The van der Waals surface area contributed by atoms with Gasteiger partial charge in [-0.25, -0.2) is 0 Å². The van der Waals surface area contributed by atoms with Gasteiger partial charge in [0.25, 0.3) is 0 Å². The SMILES string of the molecule is CCC(c1ccco1)N1C[C@@H](C)[C@H](C(=O)O)C1. The van der Waals surface area contributed by atoms with E-state index in [1.165, 1.54) is 0 Å². The van der Waals surface area contributed by atoms with E-state index in [9.17, 15) is 4.79 Å². The van der Waals surface area contributed by atoms with Gasteiger partial charge in [-0.2, -0.15) is 0 Å². The van der Waals surface area contributed by atoms with E-state index in [1.54, 1.807) is 6.26 Å². The number of rotatable bonds is 4. The molecule has 2 heterocycles. The Hall–Kier alpha value is -1.29. The van der Waals surface area contributed by atoms with Gasteiger partial charge in [0.05, 0.1) is 18.2 Å². The number of carbonyl (C=O) groups is 1. The molecule has 0 aliphatic carbocycles. The normalized spacial score (nSPS) is 27.2. The zero-order chi connectivity index (χ0) is 12.4. The largest absolute Gasteiger partial charge is 0.481 e. The number of aliphatic carboxylic acids is 1. The van der Waals surface area contributed by atoms with Crippen LogP contribution < -0.4 is 0 Å². The van der Waals surface area contributed by atoms with Crippen LogP contribution >= 0.6 is 0 Å². The van der Waals surface area contributed by atoms with E-state index in [2.05, 4.69) is 11.8 Å². The lowest BCUT2D eigenvalue weighted by molar-refractivity contribution is -0.142.